The van der Waals surface area contributed by atoms with Crippen molar-refractivity contribution in [1.29, 1.82) is 0 Å². The lowest BCUT2D eigenvalue weighted by atomic mass is 10.2. The molecule has 1 aromatic heterocycles. The molecule has 0 atom stereocenters. The van der Waals surface area contributed by atoms with Gasteiger partial charge >= 0.3 is 0 Å². The van der Waals surface area contributed by atoms with E-state index >= 15 is 0 Å². The first kappa shape index (κ1) is 18.4. The molecule has 0 aliphatic carbocycles. The number of hydrogen-bond acceptors (Lipinski definition) is 5. The fourth-order valence-corrected chi connectivity index (χ4v) is 2.70. The molecule has 0 saturated heterocycles. The van der Waals surface area contributed by atoms with Crippen LogP contribution in [0.3, 0.4) is 0 Å². The van der Waals surface area contributed by atoms with Gasteiger partial charge in [-0.15, -0.1) is 0 Å². The number of nitro groups is 1. The summed E-state index contributed by atoms with van der Waals surface area (Å²) in [4.78, 5) is 23.0. The van der Waals surface area contributed by atoms with E-state index in [0.29, 0.717) is 5.75 Å². The summed E-state index contributed by atoms with van der Waals surface area (Å²) in [6.45, 7) is 1.91. The van der Waals surface area contributed by atoms with Gasteiger partial charge in [-0.2, -0.15) is 5.10 Å². The third-order valence-electron chi connectivity index (χ3n) is 3.58. The number of nitrogens with zero attached hydrogens (tertiary/aromatic N) is 3. The number of nitrogens with one attached hydrogen (secondary N) is 1. The van der Waals surface area contributed by atoms with Crippen LogP contribution in [0.25, 0.3) is 0 Å². The van der Waals surface area contributed by atoms with E-state index in [1.807, 2.05) is 19.1 Å². The fourth-order valence-electron chi connectivity index (χ4n) is 2.44. The summed E-state index contributed by atoms with van der Waals surface area (Å²) >= 11 is 5.96. The molecule has 0 bridgehead atoms. The molecule has 0 aliphatic heterocycles. The largest absolute Gasteiger partial charge is 0.457 e. The van der Waals surface area contributed by atoms with E-state index in [1.165, 1.54) is 29.1 Å². The number of rotatable bonds is 5. The van der Waals surface area contributed by atoms with Gasteiger partial charge in [-0.3, -0.25) is 19.6 Å². The highest BCUT2D eigenvalue weighted by molar-refractivity contribution is 6.34. The molecule has 2 aromatic carbocycles. The van der Waals surface area contributed by atoms with Crippen molar-refractivity contribution in [2.45, 2.75) is 6.92 Å². The molecule has 0 spiro atoms. The first-order valence-corrected chi connectivity index (χ1v) is 8.24. The Morgan fingerprint density at radius 3 is 2.67 bits per heavy atom. The van der Waals surface area contributed by atoms with Crippen molar-refractivity contribution in [1.82, 2.24) is 9.78 Å². The van der Waals surface area contributed by atoms with Gasteiger partial charge in [-0.1, -0.05) is 23.7 Å². The van der Waals surface area contributed by atoms with Gasteiger partial charge in [0.2, 0.25) is 0 Å². The van der Waals surface area contributed by atoms with Gasteiger partial charge in [0, 0.05) is 25.4 Å². The Balaban J connectivity index is 1.90. The Labute approximate surface area is 159 Å². The summed E-state index contributed by atoms with van der Waals surface area (Å²) in [6.07, 6.45) is 1.48. The number of non-ortho nitro benzene ring substituents is 1. The maximum Gasteiger partial charge on any atom is 0.277 e. The van der Waals surface area contributed by atoms with E-state index in [2.05, 4.69) is 10.4 Å². The predicted octanol–water partition coefficient (Wildman–Crippen LogP) is 4.33. The zero-order valence-corrected chi connectivity index (χ0v) is 15.2. The molecule has 0 saturated carbocycles. The van der Waals surface area contributed by atoms with E-state index in [9.17, 15) is 14.9 Å². The number of halogens is 1. The second kappa shape index (κ2) is 7.46. The minimum atomic E-state index is -0.581. The minimum absolute atomic E-state index is 0.0202. The fraction of sp³-hybridized carbons (Fsp3) is 0.111. The SMILES string of the molecule is Cc1cccc(Oc2cc(NC(=O)c3nn(C)cc3Cl)cc([N+](=O)[O-])c2)c1. The van der Waals surface area contributed by atoms with Gasteiger partial charge in [0.25, 0.3) is 11.6 Å². The number of carbonyl (C=O) groups excluding carboxylic acids is 1. The molecule has 138 valence electrons. The van der Waals surface area contributed by atoms with Crippen molar-refractivity contribution in [3.05, 3.63) is 75.1 Å². The smallest absolute Gasteiger partial charge is 0.277 e. The maximum atomic E-state index is 12.4. The van der Waals surface area contributed by atoms with Gasteiger partial charge in [-0.25, -0.2) is 0 Å². The van der Waals surface area contributed by atoms with E-state index in [4.69, 9.17) is 16.3 Å². The van der Waals surface area contributed by atoms with Crippen molar-refractivity contribution in [2.75, 3.05) is 5.32 Å². The molecule has 0 unspecified atom stereocenters. The Bertz CT molecular complexity index is 1030. The van der Waals surface area contributed by atoms with Gasteiger partial charge in [0.1, 0.15) is 11.5 Å². The van der Waals surface area contributed by atoms with E-state index in [0.717, 1.165) is 5.56 Å². The number of hydrogen-bond donors (Lipinski definition) is 1. The third-order valence-corrected chi connectivity index (χ3v) is 3.86. The van der Waals surface area contributed by atoms with Crippen molar-refractivity contribution in [3.63, 3.8) is 0 Å². The van der Waals surface area contributed by atoms with Crippen molar-refractivity contribution in [2.24, 2.45) is 7.05 Å². The summed E-state index contributed by atoms with van der Waals surface area (Å²) < 4.78 is 7.10. The van der Waals surface area contributed by atoms with Gasteiger partial charge < -0.3 is 10.1 Å². The monoisotopic (exact) mass is 386 g/mol. The Morgan fingerprint density at radius 1 is 1.26 bits per heavy atom. The zero-order valence-electron chi connectivity index (χ0n) is 14.5. The van der Waals surface area contributed by atoms with Crippen molar-refractivity contribution in [3.8, 4) is 11.5 Å². The Hall–Kier alpha value is -3.39. The van der Waals surface area contributed by atoms with Crippen LogP contribution in [0.2, 0.25) is 5.02 Å². The average Bonchev–Trinajstić information content (AvgIpc) is 2.93. The minimum Gasteiger partial charge on any atom is -0.457 e. The number of aromatic nitrogens is 2. The molecule has 9 heteroatoms. The van der Waals surface area contributed by atoms with E-state index < -0.39 is 10.8 Å². The molecule has 1 amide bonds. The van der Waals surface area contributed by atoms with Crippen LogP contribution < -0.4 is 10.1 Å². The van der Waals surface area contributed by atoms with Crippen LogP contribution in [0.4, 0.5) is 11.4 Å². The van der Waals surface area contributed by atoms with Crippen LogP contribution in [0, 0.1) is 17.0 Å². The number of anilines is 1. The predicted molar refractivity (Wildman–Crippen MR) is 101 cm³/mol. The maximum absolute atomic E-state index is 12.4. The lowest BCUT2D eigenvalue weighted by Gasteiger charge is -2.09. The summed E-state index contributed by atoms with van der Waals surface area (Å²) in [5.41, 5.74) is 0.976. The average molecular weight is 387 g/mol. The van der Waals surface area contributed by atoms with Crippen LogP contribution in [0.1, 0.15) is 16.1 Å². The molecule has 0 radical (unpaired) electrons. The molecule has 1 heterocycles. The molecule has 1 N–H and O–H groups in total. The normalized spacial score (nSPS) is 10.5. The third kappa shape index (κ3) is 4.42. The molecule has 27 heavy (non-hydrogen) atoms. The lowest BCUT2D eigenvalue weighted by Crippen LogP contribution is -2.13. The van der Waals surface area contributed by atoms with E-state index in [-0.39, 0.29) is 27.8 Å². The number of carbonyl (C=O) groups is 1. The lowest BCUT2D eigenvalue weighted by molar-refractivity contribution is -0.384. The standard InChI is InChI=1S/C18H15ClN4O4/c1-11-4-3-5-14(6-11)27-15-8-12(7-13(9-15)23(25)26)20-18(24)17-16(19)10-22(2)21-17/h3-10H,1-2H3,(H,20,24). The molecule has 0 fully saturated rings. The van der Waals surface area contributed by atoms with Crippen molar-refractivity contribution < 1.29 is 14.5 Å². The number of amides is 1. The molecular weight excluding hydrogens is 372 g/mol. The second-order valence-electron chi connectivity index (χ2n) is 5.84. The molecule has 8 nitrogen and oxygen atoms in total. The number of benzene rings is 2. The summed E-state index contributed by atoms with van der Waals surface area (Å²) in [6, 6.07) is 11.3. The summed E-state index contributed by atoms with van der Waals surface area (Å²) in [5.74, 6) is 0.167. The molecular formula is C18H15ClN4O4. The van der Waals surface area contributed by atoms with Gasteiger partial charge in [-0.05, 0) is 24.6 Å². The highest BCUT2D eigenvalue weighted by Gasteiger charge is 2.18. The number of aryl methyl sites for hydroxylation is 2. The zero-order chi connectivity index (χ0) is 19.6. The molecule has 0 aliphatic rings. The Morgan fingerprint density at radius 2 is 2.04 bits per heavy atom. The number of nitro benzene ring substituents is 1. The van der Waals surface area contributed by atoms with Crippen LogP contribution in [-0.2, 0) is 7.05 Å². The van der Waals surface area contributed by atoms with Gasteiger partial charge in [0.05, 0.1) is 21.7 Å². The summed E-state index contributed by atoms with van der Waals surface area (Å²) in [5, 5.41) is 17.9. The Kier molecular flexibility index (Phi) is 5.09. The topological polar surface area (TPSA) is 99.3 Å². The van der Waals surface area contributed by atoms with E-state index in [1.54, 1.807) is 19.2 Å². The molecule has 3 rings (SSSR count). The van der Waals surface area contributed by atoms with Gasteiger partial charge in [0.15, 0.2) is 5.69 Å². The second-order valence-corrected chi connectivity index (χ2v) is 6.25. The van der Waals surface area contributed by atoms with Crippen LogP contribution in [-0.4, -0.2) is 20.6 Å². The highest BCUT2D eigenvalue weighted by Crippen LogP contribution is 2.30. The van der Waals surface area contributed by atoms with Crippen LogP contribution in [0.15, 0.2) is 48.7 Å². The number of ether oxygens (including phenoxy) is 1. The first-order valence-electron chi connectivity index (χ1n) is 7.86. The van der Waals surface area contributed by atoms with Crippen LogP contribution >= 0.6 is 11.6 Å². The van der Waals surface area contributed by atoms with Crippen LogP contribution in [0.5, 0.6) is 11.5 Å². The quantitative estimate of drug-likeness (QED) is 0.519. The molecule has 3 aromatic rings. The van der Waals surface area contributed by atoms with Crippen molar-refractivity contribution >= 4 is 28.9 Å². The highest BCUT2D eigenvalue weighted by atomic mass is 35.5. The first-order chi connectivity index (χ1) is 12.8. The summed E-state index contributed by atoms with van der Waals surface area (Å²) in [7, 11) is 1.63.